The highest BCUT2D eigenvalue weighted by molar-refractivity contribution is 8.27. The van der Waals surface area contributed by atoms with Crippen LogP contribution in [0.25, 0.3) is 6.08 Å². The van der Waals surface area contributed by atoms with Crippen LogP contribution in [0.3, 0.4) is 0 Å². The van der Waals surface area contributed by atoms with Crippen molar-refractivity contribution in [1.29, 1.82) is 0 Å². The van der Waals surface area contributed by atoms with Gasteiger partial charge in [0.2, 0.25) is 0 Å². The lowest BCUT2D eigenvalue weighted by molar-refractivity contribution is -0.113. The Morgan fingerprint density at radius 2 is 1.90 bits per heavy atom. The van der Waals surface area contributed by atoms with Gasteiger partial charge in [-0.1, -0.05) is 42.2 Å². The van der Waals surface area contributed by atoms with E-state index in [0.717, 1.165) is 16.8 Å². The topological polar surface area (TPSA) is 33.2 Å². The Hall–Kier alpha value is -1.98. The highest BCUT2D eigenvalue weighted by Crippen LogP contribution is 2.37. The maximum absolute atomic E-state index is 12.6. The van der Waals surface area contributed by atoms with Gasteiger partial charge in [-0.25, -0.2) is 0 Å². The van der Waals surface area contributed by atoms with E-state index in [2.05, 4.69) is 4.98 Å². The van der Waals surface area contributed by atoms with Crippen molar-refractivity contribution in [1.82, 2.24) is 4.98 Å². The summed E-state index contributed by atoms with van der Waals surface area (Å²) in [5.74, 6) is -0.0730. The summed E-state index contributed by atoms with van der Waals surface area (Å²) in [5, 5.41) is 0. The maximum Gasteiger partial charge on any atom is 0.270 e. The van der Waals surface area contributed by atoms with Gasteiger partial charge in [-0.3, -0.25) is 14.7 Å². The highest BCUT2D eigenvalue weighted by Gasteiger charge is 2.33. The monoisotopic (exact) mass is 312 g/mol. The molecule has 0 atom stereocenters. The van der Waals surface area contributed by atoms with Gasteiger partial charge in [0.05, 0.1) is 10.6 Å². The van der Waals surface area contributed by atoms with Crippen LogP contribution in [-0.4, -0.2) is 15.2 Å². The van der Waals surface area contributed by atoms with Crippen molar-refractivity contribution >= 4 is 46.0 Å². The van der Waals surface area contributed by atoms with E-state index < -0.39 is 0 Å². The largest absolute Gasteiger partial charge is 0.270 e. The van der Waals surface area contributed by atoms with E-state index in [-0.39, 0.29) is 5.91 Å². The Morgan fingerprint density at radius 1 is 1.19 bits per heavy atom. The number of amides is 1. The molecule has 2 aromatic rings. The van der Waals surface area contributed by atoms with Gasteiger partial charge in [0.25, 0.3) is 5.91 Å². The third-order valence-electron chi connectivity index (χ3n) is 3.15. The van der Waals surface area contributed by atoms with Crippen molar-refractivity contribution in [3.63, 3.8) is 0 Å². The van der Waals surface area contributed by atoms with E-state index in [0.29, 0.717) is 9.23 Å². The molecule has 0 unspecified atom stereocenters. The predicted octanol–water partition coefficient (Wildman–Crippen LogP) is 3.80. The molecule has 2 heterocycles. The number of anilines is 1. The van der Waals surface area contributed by atoms with E-state index >= 15 is 0 Å². The molecule has 0 N–H and O–H groups in total. The smallest absolute Gasteiger partial charge is 0.268 e. The Bertz CT molecular complexity index is 741. The van der Waals surface area contributed by atoms with Crippen molar-refractivity contribution < 1.29 is 4.79 Å². The Labute approximate surface area is 132 Å². The first-order valence-electron chi connectivity index (χ1n) is 6.40. The molecule has 1 aromatic carbocycles. The van der Waals surface area contributed by atoms with E-state index in [4.69, 9.17) is 12.2 Å². The number of hydrogen-bond acceptors (Lipinski definition) is 4. The fraction of sp³-hybridized carbons (Fsp3) is 0.0625. The summed E-state index contributed by atoms with van der Waals surface area (Å²) in [7, 11) is 0. The number of carbonyl (C=O) groups excluding carboxylic acids is 1. The first kappa shape index (κ1) is 14.0. The number of hydrogen-bond donors (Lipinski definition) is 0. The number of carbonyl (C=O) groups is 1. The summed E-state index contributed by atoms with van der Waals surface area (Å²) in [6.07, 6.45) is 5.25. The van der Waals surface area contributed by atoms with Gasteiger partial charge >= 0.3 is 0 Å². The molecular formula is C16H12N2OS2. The van der Waals surface area contributed by atoms with Crippen LogP contribution in [0, 0.1) is 6.92 Å². The average Bonchev–Trinajstić information content (AvgIpc) is 2.76. The minimum Gasteiger partial charge on any atom is -0.268 e. The van der Waals surface area contributed by atoms with Crippen LogP contribution < -0.4 is 4.90 Å². The number of pyridine rings is 1. The van der Waals surface area contributed by atoms with Crippen molar-refractivity contribution in [3.8, 4) is 0 Å². The van der Waals surface area contributed by atoms with Gasteiger partial charge in [0.1, 0.15) is 0 Å². The molecule has 5 heteroatoms. The normalized spacial score (nSPS) is 16.8. The predicted molar refractivity (Wildman–Crippen MR) is 91.1 cm³/mol. The molecule has 1 aliphatic heterocycles. The van der Waals surface area contributed by atoms with Crippen molar-refractivity contribution in [3.05, 3.63) is 64.8 Å². The maximum atomic E-state index is 12.6. The summed E-state index contributed by atoms with van der Waals surface area (Å²) in [6.45, 7) is 1.97. The van der Waals surface area contributed by atoms with Crippen molar-refractivity contribution in [2.75, 3.05) is 4.90 Å². The SMILES string of the molecule is Cc1ccccc1N1C(=O)C(=Cc2ccncc2)SC1=S. The van der Waals surface area contributed by atoms with Gasteiger partial charge in [0, 0.05) is 12.4 Å². The van der Waals surface area contributed by atoms with Crippen LogP contribution >= 0.6 is 24.0 Å². The number of thioether (sulfide) groups is 1. The van der Waals surface area contributed by atoms with Gasteiger partial charge in [-0.2, -0.15) is 0 Å². The molecule has 1 aromatic heterocycles. The second-order valence-corrected chi connectivity index (χ2v) is 6.26. The molecule has 0 saturated carbocycles. The number of nitrogens with zero attached hydrogens (tertiary/aromatic N) is 2. The van der Waals surface area contributed by atoms with Gasteiger partial charge in [0.15, 0.2) is 4.32 Å². The molecule has 21 heavy (non-hydrogen) atoms. The zero-order valence-corrected chi connectivity index (χ0v) is 12.9. The first-order chi connectivity index (χ1) is 10.2. The van der Waals surface area contributed by atoms with Crippen LogP contribution in [0.4, 0.5) is 5.69 Å². The average molecular weight is 312 g/mol. The summed E-state index contributed by atoms with van der Waals surface area (Å²) >= 11 is 6.70. The molecule has 1 fully saturated rings. The molecule has 0 aliphatic carbocycles. The second kappa shape index (κ2) is 5.79. The lowest BCUT2D eigenvalue weighted by Crippen LogP contribution is -2.28. The van der Waals surface area contributed by atoms with Crippen molar-refractivity contribution in [2.45, 2.75) is 6.92 Å². The minimum atomic E-state index is -0.0730. The number of thiocarbonyl (C=S) groups is 1. The van der Waals surface area contributed by atoms with Gasteiger partial charge < -0.3 is 0 Å². The first-order valence-corrected chi connectivity index (χ1v) is 7.63. The molecule has 3 rings (SSSR count). The van der Waals surface area contributed by atoms with Gasteiger partial charge in [-0.15, -0.1) is 0 Å². The van der Waals surface area contributed by atoms with Gasteiger partial charge in [-0.05, 0) is 42.3 Å². The van der Waals surface area contributed by atoms with E-state index in [1.165, 1.54) is 11.8 Å². The van der Waals surface area contributed by atoms with E-state index in [1.54, 1.807) is 17.3 Å². The van der Waals surface area contributed by atoms with E-state index in [1.807, 2.05) is 49.4 Å². The lowest BCUT2D eigenvalue weighted by Gasteiger charge is -2.16. The third kappa shape index (κ3) is 2.75. The molecular weight excluding hydrogens is 300 g/mol. The fourth-order valence-electron chi connectivity index (χ4n) is 2.10. The molecule has 3 nitrogen and oxygen atoms in total. The summed E-state index contributed by atoms with van der Waals surface area (Å²) in [5.41, 5.74) is 2.81. The highest BCUT2D eigenvalue weighted by atomic mass is 32.2. The van der Waals surface area contributed by atoms with E-state index in [9.17, 15) is 4.79 Å². The van der Waals surface area contributed by atoms with Crippen LogP contribution in [0.2, 0.25) is 0 Å². The fourth-order valence-corrected chi connectivity index (χ4v) is 3.39. The zero-order chi connectivity index (χ0) is 14.8. The zero-order valence-electron chi connectivity index (χ0n) is 11.3. The molecule has 1 saturated heterocycles. The number of aryl methyl sites for hydroxylation is 1. The quantitative estimate of drug-likeness (QED) is 0.624. The summed E-state index contributed by atoms with van der Waals surface area (Å²) in [4.78, 5) is 18.8. The Morgan fingerprint density at radius 3 is 2.62 bits per heavy atom. The number of para-hydroxylation sites is 1. The number of benzene rings is 1. The standard InChI is InChI=1S/C16H12N2OS2/c1-11-4-2-3-5-13(11)18-15(19)14(21-16(18)20)10-12-6-8-17-9-7-12/h2-10H,1H3. The van der Waals surface area contributed by atoms with Crippen LogP contribution in [0.15, 0.2) is 53.7 Å². The minimum absolute atomic E-state index is 0.0730. The van der Waals surface area contributed by atoms with Crippen molar-refractivity contribution in [2.24, 2.45) is 0 Å². The third-order valence-corrected chi connectivity index (χ3v) is 4.46. The molecule has 1 amide bonds. The summed E-state index contributed by atoms with van der Waals surface area (Å²) in [6, 6.07) is 11.5. The molecule has 0 bridgehead atoms. The van der Waals surface area contributed by atoms with Crippen LogP contribution in [0.1, 0.15) is 11.1 Å². The number of aromatic nitrogens is 1. The Balaban J connectivity index is 1.97. The Kier molecular flexibility index (Phi) is 3.86. The molecule has 104 valence electrons. The number of rotatable bonds is 2. The van der Waals surface area contributed by atoms with Crippen LogP contribution in [-0.2, 0) is 4.79 Å². The summed E-state index contributed by atoms with van der Waals surface area (Å²) < 4.78 is 0.564. The second-order valence-electron chi connectivity index (χ2n) is 4.58. The molecule has 0 radical (unpaired) electrons. The lowest BCUT2D eigenvalue weighted by atomic mass is 10.2. The van der Waals surface area contributed by atoms with Crippen LogP contribution in [0.5, 0.6) is 0 Å². The molecule has 0 spiro atoms. The molecule has 1 aliphatic rings.